The van der Waals surface area contributed by atoms with Gasteiger partial charge in [0, 0.05) is 5.56 Å². The van der Waals surface area contributed by atoms with E-state index < -0.39 is 0 Å². The van der Waals surface area contributed by atoms with Gasteiger partial charge in [0.05, 0.1) is 19.6 Å². The minimum Gasteiger partial charge on any atom is -0.496 e. The molecule has 0 heterocycles. The third-order valence-electron chi connectivity index (χ3n) is 3.10. The number of nitrogens with zero attached hydrogens (tertiary/aromatic N) is 1. The molecule has 0 fully saturated rings. The second-order valence-electron chi connectivity index (χ2n) is 4.74. The molecule has 0 saturated heterocycles. The van der Waals surface area contributed by atoms with E-state index in [9.17, 15) is 0 Å². The largest absolute Gasteiger partial charge is 0.496 e. The van der Waals surface area contributed by atoms with Crippen LogP contribution in [0.2, 0.25) is 0 Å². The van der Waals surface area contributed by atoms with Crippen LogP contribution in [0.1, 0.15) is 16.7 Å². The first-order chi connectivity index (χ1) is 9.13. The Morgan fingerprint density at radius 1 is 1.00 bits per heavy atom. The Kier molecular flexibility index (Phi) is 3.87. The van der Waals surface area contributed by atoms with Crippen molar-refractivity contribution in [2.75, 3.05) is 7.11 Å². The van der Waals surface area contributed by atoms with Gasteiger partial charge in [-0.05, 0) is 37.1 Å². The highest BCUT2D eigenvalue weighted by Gasteiger charge is 2.06. The van der Waals surface area contributed by atoms with Crippen molar-refractivity contribution < 1.29 is 4.74 Å². The molecule has 0 aliphatic rings. The predicted octanol–water partition coefficient (Wildman–Crippen LogP) is 4.05. The second-order valence-corrected chi connectivity index (χ2v) is 4.74. The van der Waals surface area contributed by atoms with E-state index in [2.05, 4.69) is 38.1 Å². The maximum Gasteiger partial charge on any atom is 0.123 e. The molecule has 0 radical (unpaired) electrons. The average Bonchev–Trinajstić information content (AvgIpc) is 2.38. The monoisotopic (exact) mass is 251 g/mol. The Labute approximate surface area is 114 Å². The third-order valence-corrected chi connectivity index (χ3v) is 3.10. The lowest BCUT2D eigenvalue weighted by Gasteiger charge is -2.10. The molecule has 2 aromatic carbocycles. The topological polar surface area (TPSA) is 33.0 Å². The van der Waals surface area contributed by atoms with Gasteiger partial charge in [-0.2, -0.15) is 5.26 Å². The van der Waals surface area contributed by atoms with Crippen LogP contribution in [-0.4, -0.2) is 7.11 Å². The Bertz CT molecular complexity index is 618. The molecule has 0 aliphatic carbocycles. The summed E-state index contributed by atoms with van der Waals surface area (Å²) in [4.78, 5) is 0. The van der Waals surface area contributed by atoms with Crippen LogP contribution in [0.15, 0.2) is 36.4 Å². The number of aryl methyl sites for hydroxylation is 2. The highest BCUT2D eigenvalue weighted by atomic mass is 16.5. The van der Waals surface area contributed by atoms with Crippen LogP contribution in [0, 0.1) is 25.2 Å². The maximum atomic E-state index is 8.88. The number of nitriles is 1. The van der Waals surface area contributed by atoms with Crippen molar-refractivity contribution in [3.05, 3.63) is 53.1 Å². The first-order valence-corrected chi connectivity index (χ1v) is 6.26. The minimum atomic E-state index is 0.363. The standard InChI is InChI=1S/C17H17NO/c1-12-8-13(2)10-16(9-12)14-4-5-17(19-3)15(11-14)6-7-18/h4-5,8-11H,6H2,1-3H3. The smallest absolute Gasteiger partial charge is 0.123 e. The Hall–Kier alpha value is -2.27. The molecule has 2 nitrogen and oxygen atoms in total. The van der Waals surface area contributed by atoms with Gasteiger partial charge in [0.25, 0.3) is 0 Å². The maximum absolute atomic E-state index is 8.88. The third kappa shape index (κ3) is 2.95. The molecule has 0 atom stereocenters. The number of benzene rings is 2. The van der Waals surface area contributed by atoms with E-state index in [1.807, 2.05) is 18.2 Å². The summed E-state index contributed by atoms with van der Waals surface area (Å²) < 4.78 is 5.29. The van der Waals surface area contributed by atoms with Gasteiger partial charge in [0.2, 0.25) is 0 Å². The van der Waals surface area contributed by atoms with Gasteiger partial charge in [-0.15, -0.1) is 0 Å². The highest BCUT2D eigenvalue weighted by Crippen LogP contribution is 2.28. The molecule has 96 valence electrons. The molecular formula is C17H17NO. The Balaban J connectivity index is 2.51. The van der Waals surface area contributed by atoms with Crippen LogP contribution in [0.3, 0.4) is 0 Å². The summed E-state index contributed by atoms with van der Waals surface area (Å²) in [7, 11) is 1.63. The van der Waals surface area contributed by atoms with E-state index in [0.29, 0.717) is 6.42 Å². The summed E-state index contributed by atoms with van der Waals surface area (Å²) in [6.45, 7) is 4.19. The Morgan fingerprint density at radius 3 is 2.26 bits per heavy atom. The number of methoxy groups -OCH3 is 1. The summed E-state index contributed by atoms with van der Waals surface area (Å²) >= 11 is 0. The van der Waals surface area contributed by atoms with Gasteiger partial charge in [0.1, 0.15) is 5.75 Å². The van der Waals surface area contributed by atoms with Gasteiger partial charge in [0.15, 0.2) is 0 Å². The molecule has 0 bridgehead atoms. The first kappa shape index (κ1) is 13.2. The minimum absolute atomic E-state index is 0.363. The first-order valence-electron chi connectivity index (χ1n) is 6.26. The van der Waals surface area contributed by atoms with Crippen molar-refractivity contribution in [2.45, 2.75) is 20.3 Å². The van der Waals surface area contributed by atoms with Crippen LogP contribution in [-0.2, 0) is 6.42 Å². The normalized spacial score (nSPS) is 10.0. The number of hydrogen-bond donors (Lipinski definition) is 0. The van der Waals surface area contributed by atoms with Crippen molar-refractivity contribution in [1.29, 1.82) is 5.26 Å². The van der Waals surface area contributed by atoms with Crippen molar-refractivity contribution >= 4 is 0 Å². The van der Waals surface area contributed by atoms with E-state index in [-0.39, 0.29) is 0 Å². The zero-order chi connectivity index (χ0) is 13.8. The summed E-state index contributed by atoms with van der Waals surface area (Å²) in [5.74, 6) is 0.773. The second kappa shape index (κ2) is 5.58. The number of ether oxygens (including phenoxy) is 1. The molecule has 19 heavy (non-hydrogen) atoms. The van der Waals surface area contributed by atoms with Gasteiger partial charge in [-0.1, -0.05) is 35.4 Å². The molecule has 2 rings (SSSR count). The molecule has 0 aliphatic heterocycles. The zero-order valence-corrected chi connectivity index (χ0v) is 11.5. The number of hydrogen-bond acceptors (Lipinski definition) is 2. The quantitative estimate of drug-likeness (QED) is 0.824. The SMILES string of the molecule is COc1ccc(-c2cc(C)cc(C)c2)cc1CC#N. The van der Waals surface area contributed by atoms with E-state index in [1.165, 1.54) is 16.7 Å². The van der Waals surface area contributed by atoms with Gasteiger partial charge in [-0.25, -0.2) is 0 Å². The molecular weight excluding hydrogens is 234 g/mol. The van der Waals surface area contributed by atoms with Gasteiger partial charge >= 0.3 is 0 Å². The summed E-state index contributed by atoms with van der Waals surface area (Å²) in [5, 5.41) is 8.88. The molecule has 0 aromatic heterocycles. The van der Waals surface area contributed by atoms with Crippen molar-refractivity contribution in [1.82, 2.24) is 0 Å². The van der Waals surface area contributed by atoms with E-state index in [1.54, 1.807) is 7.11 Å². The molecule has 2 heteroatoms. The van der Waals surface area contributed by atoms with Crippen LogP contribution < -0.4 is 4.74 Å². The van der Waals surface area contributed by atoms with Crippen LogP contribution in [0.5, 0.6) is 5.75 Å². The fraction of sp³-hybridized carbons (Fsp3) is 0.235. The molecule has 0 unspecified atom stereocenters. The highest BCUT2D eigenvalue weighted by molar-refractivity contribution is 5.67. The van der Waals surface area contributed by atoms with E-state index in [4.69, 9.17) is 10.00 Å². The Morgan fingerprint density at radius 2 is 1.68 bits per heavy atom. The lowest BCUT2D eigenvalue weighted by molar-refractivity contribution is 0.411. The van der Waals surface area contributed by atoms with Crippen molar-refractivity contribution in [3.8, 4) is 22.9 Å². The molecule has 0 spiro atoms. The van der Waals surface area contributed by atoms with Crippen LogP contribution in [0.25, 0.3) is 11.1 Å². The van der Waals surface area contributed by atoms with Gasteiger partial charge in [-0.3, -0.25) is 0 Å². The average molecular weight is 251 g/mol. The zero-order valence-electron chi connectivity index (χ0n) is 11.5. The lowest BCUT2D eigenvalue weighted by atomic mass is 9.98. The molecule has 0 saturated carbocycles. The van der Waals surface area contributed by atoms with E-state index >= 15 is 0 Å². The molecule has 0 amide bonds. The summed E-state index contributed by atoms with van der Waals surface area (Å²) in [6.07, 6.45) is 0.363. The molecule has 0 N–H and O–H groups in total. The summed E-state index contributed by atoms with van der Waals surface area (Å²) in [6, 6.07) is 14.7. The van der Waals surface area contributed by atoms with Gasteiger partial charge < -0.3 is 4.74 Å². The summed E-state index contributed by atoms with van der Waals surface area (Å²) in [5.41, 5.74) is 5.72. The van der Waals surface area contributed by atoms with Crippen LogP contribution >= 0.6 is 0 Å². The molecule has 2 aromatic rings. The lowest BCUT2D eigenvalue weighted by Crippen LogP contribution is -1.92. The van der Waals surface area contributed by atoms with Crippen molar-refractivity contribution in [2.24, 2.45) is 0 Å². The van der Waals surface area contributed by atoms with Crippen molar-refractivity contribution in [3.63, 3.8) is 0 Å². The fourth-order valence-corrected chi connectivity index (χ4v) is 2.32. The predicted molar refractivity (Wildman–Crippen MR) is 77.2 cm³/mol. The van der Waals surface area contributed by atoms with Crippen LogP contribution in [0.4, 0.5) is 0 Å². The fourth-order valence-electron chi connectivity index (χ4n) is 2.32. The number of rotatable bonds is 3. The van der Waals surface area contributed by atoms with E-state index in [0.717, 1.165) is 16.9 Å².